The van der Waals surface area contributed by atoms with E-state index >= 15 is 0 Å². The molecule has 1 aliphatic rings. The van der Waals surface area contributed by atoms with Crippen LogP contribution >= 0.6 is 11.8 Å². The minimum absolute atomic E-state index is 0.0618. The molecule has 92 valence electrons. The molecule has 0 spiro atoms. The summed E-state index contributed by atoms with van der Waals surface area (Å²) in [5.41, 5.74) is 1.09. The number of carboxylic acids is 1. The Morgan fingerprint density at radius 2 is 2.24 bits per heavy atom. The first-order valence-corrected chi connectivity index (χ1v) is 6.59. The summed E-state index contributed by atoms with van der Waals surface area (Å²) in [4.78, 5) is 10.8. The Bertz CT molecular complexity index is 393. The Kier molecular flexibility index (Phi) is 3.91. The van der Waals surface area contributed by atoms with Crippen LogP contribution in [0, 0.1) is 0 Å². The maximum atomic E-state index is 10.8. The smallest absolute Gasteiger partial charge is 0.321 e. The van der Waals surface area contributed by atoms with Crippen molar-refractivity contribution in [3.8, 4) is 5.75 Å². The highest BCUT2D eigenvalue weighted by atomic mass is 32.2. The number of carboxylic acid groups (broad SMARTS) is 1. The molecule has 0 bridgehead atoms. The van der Waals surface area contributed by atoms with Crippen LogP contribution in [0.2, 0.25) is 0 Å². The number of hydrogen-bond donors (Lipinski definition) is 2. The van der Waals surface area contributed by atoms with Crippen LogP contribution in [0.25, 0.3) is 0 Å². The van der Waals surface area contributed by atoms with E-state index in [1.807, 2.05) is 31.2 Å². The number of carbonyl (C=O) groups is 1. The lowest BCUT2D eigenvalue weighted by Gasteiger charge is -2.12. The van der Waals surface area contributed by atoms with E-state index in [2.05, 4.69) is 5.32 Å². The zero-order valence-electron chi connectivity index (χ0n) is 9.55. The second-order valence-corrected chi connectivity index (χ2v) is 4.91. The van der Waals surface area contributed by atoms with Gasteiger partial charge in [-0.3, -0.25) is 10.1 Å². The monoisotopic (exact) mass is 253 g/mol. The fourth-order valence-corrected chi connectivity index (χ4v) is 2.95. The Hall–Kier alpha value is -1.20. The molecule has 1 aromatic rings. The summed E-state index contributed by atoms with van der Waals surface area (Å²) in [5.74, 6) is 0.660. The van der Waals surface area contributed by atoms with Gasteiger partial charge in [0.15, 0.2) is 0 Å². The van der Waals surface area contributed by atoms with Crippen LogP contribution in [0.15, 0.2) is 24.3 Å². The van der Waals surface area contributed by atoms with Crippen LogP contribution < -0.4 is 10.1 Å². The maximum absolute atomic E-state index is 10.8. The van der Waals surface area contributed by atoms with Crippen LogP contribution in [0.3, 0.4) is 0 Å². The molecule has 17 heavy (non-hydrogen) atoms. The second kappa shape index (κ2) is 5.42. The van der Waals surface area contributed by atoms with Gasteiger partial charge in [0.05, 0.1) is 12.0 Å². The van der Waals surface area contributed by atoms with E-state index in [1.54, 1.807) is 11.8 Å². The van der Waals surface area contributed by atoms with Gasteiger partial charge in [-0.25, -0.2) is 0 Å². The first-order chi connectivity index (χ1) is 8.20. The lowest BCUT2D eigenvalue weighted by Crippen LogP contribution is -2.33. The molecule has 5 heteroatoms. The molecule has 2 atom stereocenters. The van der Waals surface area contributed by atoms with E-state index in [-0.39, 0.29) is 5.37 Å². The molecule has 2 N–H and O–H groups in total. The summed E-state index contributed by atoms with van der Waals surface area (Å²) < 4.78 is 5.36. The molecular formula is C12H15NO3S. The number of rotatable bonds is 4. The van der Waals surface area contributed by atoms with Crippen LogP contribution in [0.1, 0.15) is 17.9 Å². The molecule has 1 fully saturated rings. The van der Waals surface area contributed by atoms with Crippen molar-refractivity contribution in [3.05, 3.63) is 29.8 Å². The first-order valence-electron chi connectivity index (χ1n) is 5.54. The molecule has 1 unspecified atom stereocenters. The summed E-state index contributed by atoms with van der Waals surface area (Å²) in [6, 6.07) is 7.32. The number of nitrogens with one attached hydrogen (secondary N) is 1. The van der Waals surface area contributed by atoms with Crippen LogP contribution in [-0.2, 0) is 4.79 Å². The normalized spacial score (nSPS) is 23.6. The molecule has 2 rings (SSSR count). The standard InChI is InChI=1S/C12H15NO3S/c1-2-16-9-5-3-8(4-6-9)11-13-10(7-17-11)12(14)15/h3-6,10-11,13H,2,7H2,1H3,(H,14,15)/t10-,11?/m0/s1. The van der Waals surface area contributed by atoms with Crippen molar-refractivity contribution in [3.63, 3.8) is 0 Å². The van der Waals surface area contributed by atoms with E-state index in [1.165, 1.54) is 0 Å². The predicted molar refractivity (Wildman–Crippen MR) is 67.4 cm³/mol. The summed E-state index contributed by atoms with van der Waals surface area (Å²) in [7, 11) is 0. The first kappa shape index (κ1) is 12.3. The lowest BCUT2D eigenvalue weighted by atomic mass is 10.2. The molecular weight excluding hydrogens is 238 g/mol. The topological polar surface area (TPSA) is 58.6 Å². The number of ether oxygens (including phenoxy) is 1. The van der Waals surface area contributed by atoms with Gasteiger partial charge in [-0.1, -0.05) is 12.1 Å². The Balaban J connectivity index is 2.01. The zero-order valence-corrected chi connectivity index (χ0v) is 10.4. The van der Waals surface area contributed by atoms with Gasteiger partial charge < -0.3 is 9.84 Å². The number of benzene rings is 1. The van der Waals surface area contributed by atoms with Crippen molar-refractivity contribution in [2.75, 3.05) is 12.4 Å². The molecule has 1 aromatic carbocycles. The third-order valence-corrected chi connectivity index (χ3v) is 3.84. The summed E-state index contributed by atoms with van der Waals surface area (Å²) in [6.45, 7) is 2.59. The Morgan fingerprint density at radius 1 is 1.53 bits per heavy atom. The van der Waals surface area contributed by atoms with Crippen molar-refractivity contribution < 1.29 is 14.6 Å². The second-order valence-electron chi connectivity index (χ2n) is 3.77. The molecule has 0 saturated carbocycles. The summed E-state index contributed by atoms with van der Waals surface area (Å²) in [6.07, 6.45) is 0. The SMILES string of the molecule is CCOc1ccc(C2N[C@H](C(=O)O)CS2)cc1. The number of hydrogen-bond acceptors (Lipinski definition) is 4. The molecule has 4 nitrogen and oxygen atoms in total. The van der Waals surface area contributed by atoms with E-state index < -0.39 is 12.0 Å². The van der Waals surface area contributed by atoms with Crippen molar-refractivity contribution in [2.45, 2.75) is 18.3 Å². The minimum atomic E-state index is -0.786. The third-order valence-electron chi connectivity index (χ3n) is 2.57. The van der Waals surface area contributed by atoms with Crippen LogP contribution in [0.4, 0.5) is 0 Å². The fourth-order valence-electron chi connectivity index (χ4n) is 1.71. The lowest BCUT2D eigenvalue weighted by molar-refractivity contribution is -0.138. The zero-order chi connectivity index (χ0) is 12.3. The number of thioether (sulfide) groups is 1. The molecule has 0 radical (unpaired) electrons. The highest BCUT2D eigenvalue weighted by molar-refractivity contribution is 7.99. The van der Waals surface area contributed by atoms with Gasteiger partial charge in [0.1, 0.15) is 11.8 Å². The van der Waals surface area contributed by atoms with E-state index in [4.69, 9.17) is 9.84 Å². The van der Waals surface area contributed by atoms with Crippen molar-refractivity contribution in [2.24, 2.45) is 0 Å². The number of aliphatic carboxylic acids is 1. The van der Waals surface area contributed by atoms with Crippen molar-refractivity contribution in [1.29, 1.82) is 0 Å². The molecule has 0 aliphatic carbocycles. The molecule has 1 heterocycles. The van der Waals surface area contributed by atoms with E-state index in [0.29, 0.717) is 12.4 Å². The summed E-state index contributed by atoms with van der Waals surface area (Å²) >= 11 is 1.62. The highest BCUT2D eigenvalue weighted by Gasteiger charge is 2.30. The minimum Gasteiger partial charge on any atom is -0.494 e. The predicted octanol–water partition coefficient (Wildman–Crippen LogP) is 1.87. The largest absolute Gasteiger partial charge is 0.494 e. The van der Waals surface area contributed by atoms with Crippen molar-refractivity contribution >= 4 is 17.7 Å². The van der Waals surface area contributed by atoms with Gasteiger partial charge in [-0.2, -0.15) is 0 Å². The third kappa shape index (κ3) is 2.92. The van der Waals surface area contributed by atoms with Crippen LogP contribution in [0.5, 0.6) is 5.75 Å². The Labute approximate surface area is 104 Å². The molecule has 0 amide bonds. The van der Waals surface area contributed by atoms with Gasteiger partial charge in [0.2, 0.25) is 0 Å². The quantitative estimate of drug-likeness (QED) is 0.858. The van der Waals surface area contributed by atoms with E-state index in [9.17, 15) is 4.79 Å². The average Bonchev–Trinajstić information content (AvgIpc) is 2.80. The van der Waals surface area contributed by atoms with Gasteiger partial charge in [0, 0.05) is 5.75 Å². The van der Waals surface area contributed by atoms with E-state index in [0.717, 1.165) is 11.3 Å². The van der Waals surface area contributed by atoms with Gasteiger partial charge in [-0.15, -0.1) is 11.8 Å². The molecule has 1 saturated heterocycles. The van der Waals surface area contributed by atoms with Gasteiger partial charge >= 0.3 is 5.97 Å². The highest BCUT2D eigenvalue weighted by Crippen LogP contribution is 2.33. The maximum Gasteiger partial charge on any atom is 0.321 e. The van der Waals surface area contributed by atoms with Gasteiger partial charge in [-0.05, 0) is 24.6 Å². The average molecular weight is 253 g/mol. The van der Waals surface area contributed by atoms with Gasteiger partial charge in [0.25, 0.3) is 0 Å². The Morgan fingerprint density at radius 3 is 2.76 bits per heavy atom. The van der Waals surface area contributed by atoms with Crippen molar-refractivity contribution in [1.82, 2.24) is 5.32 Å². The molecule has 0 aromatic heterocycles. The molecule has 1 aliphatic heterocycles. The summed E-state index contributed by atoms with van der Waals surface area (Å²) in [5, 5.41) is 12.0. The van der Waals surface area contributed by atoms with Crippen LogP contribution in [-0.4, -0.2) is 29.5 Å². The fraction of sp³-hybridized carbons (Fsp3) is 0.417.